The molecule has 7 rings (SSSR count). The van der Waals surface area contributed by atoms with Crippen LogP contribution in [-0.4, -0.2) is 138 Å². The van der Waals surface area contributed by atoms with E-state index in [1.807, 2.05) is 36.4 Å². The number of nitrogens with two attached hydrogens (primary N) is 2. The number of benzene rings is 6. The van der Waals surface area contributed by atoms with Gasteiger partial charge in [-0.25, -0.2) is 14.5 Å². The molecule has 0 bridgehead atoms. The number of amides is 3. The number of hydrogen-bond donors (Lipinski definition) is 7. The standard InChI is InChI=1S/C31H35Cl2N3O6.C19H22Cl2N2O3.C14H16N4O3.C2HF3O2.ClH/c1-39-26-12-8-19(14-28(26)41-3)6-5-7-25(37)24(17-21-10-11-22(32)18-23(21)33)35-31(34)36-30(38)16-20-9-13-27(40-2)29(15-20)42-4;1-25-17-6-3-12(9-18(17)26-2)7-8-23-19(24)16(22)10-13-4-5-14(20)11-15(13)21;1-20-11-5-4-10(8-12(11)21-2)9-13(19)17-14(15)18-7-3-6-16-18;3-2(4,5)1(6)7;/h8-15,18,24H,5-7,16-17H2,1-4H3,(H3,34,35,36,38);3-6,9,11,16H,7-8,10,22H2,1-2H3,(H,23,24);3-8H,9H2,1-2H3,(H2,15,17,19);(H,6,7);1H/t24-;16-;;;/m11.../s1. The summed E-state index contributed by atoms with van der Waals surface area (Å²) in [5, 5.41) is 28.5. The topological polar surface area (TPSA) is 322 Å². The highest BCUT2D eigenvalue weighted by molar-refractivity contribution is 6.35. The summed E-state index contributed by atoms with van der Waals surface area (Å²) in [7, 11) is 12.5. The summed E-state index contributed by atoms with van der Waals surface area (Å²) < 4.78 is 75.0. The third-order valence-electron chi connectivity index (χ3n) is 13.5. The fourth-order valence-electron chi connectivity index (χ4n) is 8.68. The van der Waals surface area contributed by atoms with Crippen LogP contribution in [0.25, 0.3) is 0 Å². The monoisotopic (exact) mass is 1450 g/mol. The van der Waals surface area contributed by atoms with Gasteiger partial charge in [-0.3, -0.25) is 35.2 Å². The van der Waals surface area contributed by atoms with Crippen LogP contribution in [0.1, 0.15) is 46.2 Å². The number of aromatic nitrogens is 2. The van der Waals surface area contributed by atoms with E-state index in [-0.39, 0.29) is 67.6 Å². The minimum Gasteiger partial charge on any atom is -0.493 e. The van der Waals surface area contributed by atoms with Crippen molar-refractivity contribution in [2.24, 2.45) is 16.5 Å². The highest BCUT2D eigenvalue weighted by atomic mass is 35.5. The average Bonchev–Trinajstić information content (AvgIpc) is 1.34. The number of hydrogen-bond acceptors (Lipinski definition) is 17. The van der Waals surface area contributed by atoms with Crippen LogP contribution in [0, 0.1) is 5.41 Å². The van der Waals surface area contributed by atoms with Gasteiger partial charge in [0, 0.05) is 51.9 Å². The van der Waals surface area contributed by atoms with Crippen LogP contribution in [0.15, 0.2) is 133 Å². The van der Waals surface area contributed by atoms with Gasteiger partial charge in [0.1, 0.15) is 6.04 Å². The molecule has 0 radical (unpaired) electrons. The van der Waals surface area contributed by atoms with E-state index < -0.39 is 30.1 Å². The zero-order chi connectivity index (χ0) is 71.1. The van der Waals surface area contributed by atoms with Crippen molar-refractivity contribution in [3.8, 4) is 46.0 Å². The van der Waals surface area contributed by atoms with Crippen LogP contribution < -0.4 is 65.3 Å². The molecule has 97 heavy (non-hydrogen) atoms. The maximum Gasteiger partial charge on any atom is 0.490 e. The molecule has 0 aliphatic carbocycles. The molecule has 0 aliphatic rings. The second kappa shape index (κ2) is 41.7. The van der Waals surface area contributed by atoms with Gasteiger partial charge in [-0.15, -0.1) is 12.4 Å². The first-order valence-electron chi connectivity index (χ1n) is 28.8. The van der Waals surface area contributed by atoms with Crippen LogP contribution in [0.2, 0.25) is 20.1 Å². The Labute approximate surface area is 585 Å². The summed E-state index contributed by atoms with van der Waals surface area (Å²) in [6, 6.07) is 32.0. The van der Waals surface area contributed by atoms with E-state index >= 15 is 0 Å². The molecule has 31 heteroatoms. The van der Waals surface area contributed by atoms with E-state index in [0.717, 1.165) is 22.3 Å². The lowest BCUT2D eigenvalue weighted by Gasteiger charge is -2.15. The number of halogens is 8. The van der Waals surface area contributed by atoms with Gasteiger partial charge in [0.05, 0.1) is 75.8 Å². The number of methoxy groups -OCH3 is 8. The van der Waals surface area contributed by atoms with Gasteiger partial charge in [-0.2, -0.15) is 18.3 Å². The van der Waals surface area contributed by atoms with Gasteiger partial charge in [0.25, 0.3) is 0 Å². The van der Waals surface area contributed by atoms with Gasteiger partial charge in [0.15, 0.2) is 57.7 Å². The number of guanidine groups is 1. The molecule has 0 fully saturated rings. The highest BCUT2D eigenvalue weighted by Gasteiger charge is 2.38. The Morgan fingerprint density at radius 3 is 1.40 bits per heavy atom. The molecule has 0 saturated carbocycles. The number of Topliss-reactive ketones (excluding diaryl/α,β-unsaturated/α-hetero) is 1. The number of aryl methyl sites for hydroxylation is 1. The van der Waals surface area contributed by atoms with Gasteiger partial charge in [-0.05, 0) is 138 Å². The highest BCUT2D eigenvalue weighted by Crippen LogP contribution is 2.32. The van der Waals surface area contributed by atoms with Crippen molar-refractivity contribution in [2.45, 2.75) is 69.6 Å². The second-order valence-corrected chi connectivity index (χ2v) is 21.9. The van der Waals surface area contributed by atoms with Crippen molar-refractivity contribution in [1.29, 1.82) is 5.41 Å². The molecule has 2 atom stereocenters. The third-order valence-corrected chi connectivity index (χ3v) is 14.7. The Kier molecular flexibility index (Phi) is 35.3. The number of carboxylic acids is 1. The summed E-state index contributed by atoms with van der Waals surface area (Å²) in [5.41, 5.74) is 17.0. The summed E-state index contributed by atoms with van der Waals surface area (Å²) in [4.78, 5) is 63.5. The average molecular weight is 1450 g/mol. The van der Waals surface area contributed by atoms with E-state index in [1.165, 1.54) is 32.2 Å². The quantitative estimate of drug-likeness (QED) is 0.0196. The van der Waals surface area contributed by atoms with Gasteiger partial charge in [-0.1, -0.05) is 82.8 Å². The number of nitrogens with one attached hydrogen (secondary N) is 4. The molecule has 0 saturated heterocycles. The van der Waals surface area contributed by atoms with E-state index in [2.05, 4.69) is 26.0 Å². The van der Waals surface area contributed by atoms with Crippen molar-refractivity contribution in [1.82, 2.24) is 25.7 Å². The Bertz CT molecular complexity index is 3780. The van der Waals surface area contributed by atoms with Crippen LogP contribution in [0.3, 0.4) is 0 Å². The Hall–Kier alpha value is -9.18. The molecule has 3 amide bonds. The van der Waals surface area contributed by atoms with E-state index in [1.54, 1.807) is 121 Å². The molecule has 0 unspecified atom stereocenters. The lowest BCUT2D eigenvalue weighted by atomic mass is 9.98. The number of carboxylic acid groups (broad SMARTS) is 1. The summed E-state index contributed by atoms with van der Waals surface area (Å²) in [6.45, 7) is 0.469. The number of nitrogens with zero attached hydrogens (tertiary/aromatic N) is 3. The molecular weight excluding hydrogens is 1380 g/mol. The maximum absolute atomic E-state index is 13.4. The zero-order valence-electron chi connectivity index (χ0n) is 53.9. The van der Waals surface area contributed by atoms with Gasteiger partial charge in [0.2, 0.25) is 23.7 Å². The van der Waals surface area contributed by atoms with Crippen LogP contribution in [-0.2, 0) is 62.5 Å². The number of alkyl halides is 3. The predicted molar refractivity (Wildman–Crippen MR) is 367 cm³/mol. The van der Waals surface area contributed by atoms with Gasteiger partial charge < -0.3 is 59.8 Å². The molecule has 524 valence electrons. The van der Waals surface area contributed by atoms with E-state index in [0.29, 0.717) is 109 Å². The summed E-state index contributed by atoms with van der Waals surface area (Å²) in [5.74, 6) is 0.725. The fourth-order valence-corrected chi connectivity index (χ4v) is 9.66. The van der Waals surface area contributed by atoms with Crippen molar-refractivity contribution in [2.75, 3.05) is 63.4 Å². The normalized spacial score (nSPS) is 11.3. The molecule has 1 aromatic heterocycles. The fraction of sp³-hybridized carbons (Fsp3) is 0.303. The number of aliphatic imine (C=N–C) groups is 1. The molecule has 6 aromatic carbocycles. The van der Waals surface area contributed by atoms with Crippen molar-refractivity contribution >= 4 is 100 Å². The SMILES string of the molecule is COc1ccc(CC(=O)NC(=N)n2cccn2)cc1OC.COc1ccc(CCCC(=O)[C@@H](Cc2ccc(Cl)cc2Cl)N=C(N)NC(=O)Cc2ccc(OC)c(OC)c2)cc1OC.COc1ccc(CCNC(=O)[C@H](N)Cc2ccc(Cl)cc2Cl)cc1OC.Cl.O=C(O)C(F)(F)F. The Morgan fingerprint density at radius 2 is 1.00 bits per heavy atom. The number of rotatable bonds is 26. The van der Waals surface area contributed by atoms with Crippen LogP contribution in [0.4, 0.5) is 13.2 Å². The first-order valence-corrected chi connectivity index (χ1v) is 30.3. The molecule has 7 aromatic rings. The van der Waals surface area contributed by atoms with E-state index in [4.69, 9.17) is 111 Å². The van der Waals surface area contributed by atoms with Crippen molar-refractivity contribution < 1.29 is 80.1 Å². The third kappa shape index (κ3) is 27.8. The number of aliphatic carboxylic acids is 1. The largest absolute Gasteiger partial charge is 0.493 e. The first-order chi connectivity index (χ1) is 45.7. The molecule has 23 nitrogen and oxygen atoms in total. The predicted octanol–water partition coefficient (Wildman–Crippen LogP) is 10.5. The molecule has 0 spiro atoms. The smallest absolute Gasteiger partial charge is 0.490 e. The second-order valence-electron chi connectivity index (χ2n) is 20.2. The number of carbonyl (C=O) groups excluding carboxylic acids is 4. The maximum atomic E-state index is 13.4. The van der Waals surface area contributed by atoms with Crippen LogP contribution >= 0.6 is 58.8 Å². The van der Waals surface area contributed by atoms with E-state index in [9.17, 15) is 32.3 Å². The summed E-state index contributed by atoms with van der Waals surface area (Å²) >= 11 is 24.4. The molecule has 1 heterocycles. The Balaban J connectivity index is 0.000000380. The number of carbonyl (C=O) groups is 5. The summed E-state index contributed by atoms with van der Waals surface area (Å²) in [6.07, 6.45) is 0.820. The minimum absolute atomic E-state index is 0. The van der Waals surface area contributed by atoms with Gasteiger partial charge >= 0.3 is 12.1 Å². The van der Waals surface area contributed by atoms with Crippen molar-refractivity contribution in [3.05, 3.63) is 181 Å². The van der Waals surface area contributed by atoms with Crippen molar-refractivity contribution in [3.63, 3.8) is 0 Å². The molecule has 0 aliphatic heterocycles. The molecule has 9 N–H and O–H groups in total. The number of ether oxygens (including phenoxy) is 8. The first kappa shape index (κ1) is 82.1. The lowest BCUT2D eigenvalue weighted by Crippen LogP contribution is -2.42. The minimum atomic E-state index is -5.08. The molecular formula is C66H75Cl5F3N9O14. The Morgan fingerprint density at radius 1 is 0.598 bits per heavy atom. The lowest BCUT2D eigenvalue weighted by molar-refractivity contribution is -0.192. The zero-order valence-corrected chi connectivity index (χ0v) is 57.8. The number of ketones is 1. The van der Waals surface area contributed by atoms with Crippen LogP contribution in [0.5, 0.6) is 46.0 Å².